The van der Waals surface area contributed by atoms with Crippen LogP contribution in [-0.4, -0.2) is 0 Å². The molecule has 0 nitrogen and oxygen atoms in total. The number of hydrogen-bond donors (Lipinski definition) is 0. The Morgan fingerprint density at radius 3 is 1.88 bits per heavy atom. The van der Waals surface area contributed by atoms with Gasteiger partial charge in [0, 0.05) is 0 Å². The van der Waals surface area contributed by atoms with E-state index in [1.165, 1.54) is 54.6 Å². The summed E-state index contributed by atoms with van der Waals surface area (Å²) in [5.41, 5.74) is 5.22. The van der Waals surface area contributed by atoms with E-state index in [0.29, 0.717) is 0 Å². The molecule has 114 valence electrons. The molecule has 5 aromatic rings. The van der Waals surface area contributed by atoms with Gasteiger partial charge in [-0.15, -0.1) is 0 Å². The summed E-state index contributed by atoms with van der Waals surface area (Å²) in [6.45, 7) is 4.31. The highest BCUT2D eigenvalue weighted by molar-refractivity contribution is 6.25. The smallest absolute Gasteiger partial charge is 0.00206 e. The first-order chi connectivity index (χ1) is 11.7. The molecule has 0 atom stereocenters. The zero-order valence-corrected chi connectivity index (χ0v) is 13.9. The van der Waals surface area contributed by atoms with E-state index < -0.39 is 0 Å². The van der Waals surface area contributed by atoms with E-state index in [1.54, 1.807) is 0 Å². The van der Waals surface area contributed by atoms with Crippen LogP contribution in [0.4, 0.5) is 0 Å². The Kier molecular flexibility index (Phi) is 2.72. The summed E-state index contributed by atoms with van der Waals surface area (Å²) < 4.78 is 0. The van der Waals surface area contributed by atoms with Crippen molar-refractivity contribution >= 4 is 32.3 Å². The molecule has 0 saturated heterocycles. The van der Waals surface area contributed by atoms with Crippen LogP contribution in [0.25, 0.3) is 43.4 Å². The Morgan fingerprint density at radius 1 is 0.500 bits per heavy atom. The third kappa shape index (κ3) is 1.86. The summed E-state index contributed by atoms with van der Waals surface area (Å²) in [6, 6.07) is 27.0. The largest absolute Gasteiger partial charge is 0.0587 e. The topological polar surface area (TPSA) is 0 Å². The highest BCUT2D eigenvalue weighted by atomic mass is 14.2. The second-order valence-corrected chi connectivity index (χ2v) is 6.84. The van der Waals surface area contributed by atoms with E-state index in [9.17, 15) is 0 Å². The molecule has 24 heavy (non-hydrogen) atoms. The predicted molar refractivity (Wildman–Crippen MR) is 105 cm³/mol. The molecular formula is C24H18. The molecule has 0 aromatic heterocycles. The maximum atomic E-state index is 2.29. The highest BCUT2D eigenvalue weighted by Crippen LogP contribution is 2.39. The third-order valence-corrected chi connectivity index (χ3v) is 5.11. The van der Waals surface area contributed by atoms with Crippen LogP contribution in [0.3, 0.4) is 0 Å². The van der Waals surface area contributed by atoms with Crippen LogP contribution in [0, 0.1) is 13.8 Å². The fourth-order valence-corrected chi connectivity index (χ4v) is 3.96. The normalized spacial score (nSPS) is 11.8. The Hall–Kier alpha value is -2.86. The first-order valence-electron chi connectivity index (χ1n) is 8.46. The molecule has 0 heterocycles. The van der Waals surface area contributed by atoms with E-state index >= 15 is 0 Å². The van der Waals surface area contributed by atoms with Crippen molar-refractivity contribution in [1.82, 2.24) is 0 Å². The van der Waals surface area contributed by atoms with Crippen molar-refractivity contribution in [3.8, 4) is 11.1 Å². The number of benzene rings is 5. The van der Waals surface area contributed by atoms with Gasteiger partial charge in [0.2, 0.25) is 0 Å². The molecule has 0 saturated carbocycles. The highest BCUT2D eigenvalue weighted by Gasteiger charge is 2.12. The van der Waals surface area contributed by atoms with Gasteiger partial charge in [-0.05, 0) is 62.9 Å². The number of hydrogen-bond acceptors (Lipinski definition) is 0. The molecule has 0 amide bonds. The summed E-state index contributed by atoms with van der Waals surface area (Å²) in [5, 5.41) is 8.13. The molecular weight excluding hydrogens is 288 g/mol. The number of aryl methyl sites for hydroxylation is 2. The number of rotatable bonds is 1. The molecule has 0 unspecified atom stereocenters. The van der Waals surface area contributed by atoms with Crippen LogP contribution < -0.4 is 0 Å². The van der Waals surface area contributed by atoms with Crippen LogP contribution in [-0.2, 0) is 0 Å². The fourth-order valence-electron chi connectivity index (χ4n) is 3.96. The van der Waals surface area contributed by atoms with Gasteiger partial charge in [0.25, 0.3) is 0 Å². The minimum Gasteiger partial charge on any atom is -0.0587 e. The third-order valence-electron chi connectivity index (χ3n) is 5.11. The van der Waals surface area contributed by atoms with Crippen molar-refractivity contribution in [3.05, 3.63) is 83.9 Å². The van der Waals surface area contributed by atoms with Gasteiger partial charge >= 0.3 is 0 Å². The zero-order valence-electron chi connectivity index (χ0n) is 13.9. The Bertz CT molecular complexity index is 1180. The maximum Gasteiger partial charge on any atom is -0.00206 e. The zero-order chi connectivity index (χ0) is 16.3. The molecule has 0 aliphatic rings. The van der Waals surface area contributed by atoms with Crippen molar-refractivity contribution < 1.29 is 0 Å². The predicted octanol–water partition coefficient (Wildman–Crippen LogP) is 6.87. The molecule has 0 fully saturated rings. The SMILES string of the molecule is Cc1ccc(-c2ccc3ccc4cc(C)cc5ccc2c3c45)cc1. The van der Waals surface area contributed by atoms with Crippen molar-refractivity contribution in [2.24, 2.45) is 0 Å². The van der Waals surface area contributed by atoms with Gasteiger partial charge in [-0.2, -0.15) is 0 Å². The lowest BCUT2D eigenvalue weighted by atomic mass is 9.89. The van der Waals surface area contributed by atoms with Crippen LogP contribution in [0.2, 0.25) is 0 Å². The van der Waals surface area contributed by atoms with Crippen LogP contribution in [0.1, 0.15) is 11.1 Å². The standard InChI is InChI=1S/C24H18/c1-15-3-5-17(6-4-15)21-11-9-18-7-8-19-13-16(2)14-20-10-12-22(21)24(18)23(19)20/h3-14H,1-2H3. The van der Waals surface area contributed by atoms with Gasteiger partial charge < -0.3 is 0 Å². The van der Waals surface area contributed by atoms with Crippen LogP contribution in [0.5, 0.6) is 0 Å². The monoisotopic (exact) mass is 306 g/mol. The minimum atomic E-state index is 1.29. The second-order valence-electron chi connectivity index (χ2n) is 6.84. The van der Waals surface area contributed by atoms with E-state index in [4.69, 9.17) is 0 Å². The van der Waals surface area contributed by atoms with E-state index in [1.807, 2.05) is 0 Å². The lowest BCUT2D eigenvalue weighted by molar-refractivity contribution is 1.47. The Morgan fingerprint density at radius 2 is 1.12 bits per heavy atom. The maximum absolute atomic E-state index is 2.29. The second kappa shape index (κ2) is 4.82. The van der Waals surface area contributed by atoms with E-state index in [-0.39, 0.29) is 0 Å². The van der Waals surface area contributed by atoms with Gasteiger partial charge in [0.1, 0.15) is 0 Å². The van der Waals surface area contributed by atoms with Gasteiger partial charge in [-0.25, -0.2) is 0 Å². The van der Waals surface area contributed by atoms with Crippen molar-refractivity contribution in [2.75, 3.05) is 0 Å². The van der Waals surface area contributed by atoms with Gasteiger partial charge in [0.05, 0.1) is 0 Å². The first-order valence-corrected chi connectivity index (χ1v) is 8.46. The van der Waals surface area contributed by atoms with Gasteiger partial charge in [-0.1, -0.05) is 78.4 Å². The molecule has 0 aliphatic carbocycles. The minimum absolute atomic E-state index is 1.29. The van der Waals surface area contributed by atoms with Crippen LogP contribution in [0.15, 0.2) is 72.8 Å². The lowest BCUT2D eigenvalue weighted by Crippen LogP contribution is -1.88. The summed E-state index contributed by atoms with van der Waals surface area (Å²) in [5.74, 6) is 0. The van der Waals surface area contributed by atoms with Crippen molar-refractivity contribution in [3.63, 3.8) is 0 Å². The fraction of sp³-hybridized carbons (Fsp3) is 0.0833. The summed E-state index contributed by atoms with van der Waals surface area (Å²) in [7, 11) is 0. The summed E-state index contributed by atoms with van der Waals surface area (Å²) >= 11 is 0. The van der Waals surface area contributed by atoms with Crippen molar-refractivity contribution in [1.29, 1.82) is 0 Å². The van der Waals surface area contributed by atoms with Crippen molar-refractivity contribution in [2.45, 2.75) is 13.8 Å². The Balaban J connectivity index is 1.95. The molecule has 0 N–H and O–H groups in total. The quantitative estimate of drug-likeness (QED) is 0.296. The molecule has 5 rings (SSSR count). The molecule has 0 aliphatic heterocycles. The van der Waals surface area contributed by atoms with Gasteiger partial charge in [0.15, 0.2) is 0 Å². The Labute approximate surface area is 141 Å². The summed E-state index contributed by atoms with van der Waals surface area (Å²) in [4.78, 5) is 0. The molecule has 0 spiro atoms. The molecule has 5 aromatic carbocycles. The molecule has 0 heteroatoms. The molecule has 0 bridgehead atoms. The van der Waals surface area contributed by atoms with Crippen LogP contribution >= 0.6 is 0 Å². The lowest BCUT2D eigenvalue weighted by Gasteiger charge is -2.15. The van der Waals surface area contributed by atoms with Gasteiger partial charge in [-0.3, -0.25) is 0 Å². The average molecular weight is 306 g/mol. The molecule has 0 radical (unpaired) electrons. The first kappa shape index (κ1) is 13.6. The average Bonchev–Trinajstić information content (AvgIpc) is 2.60. The summed E-state index contributed by atoms with van der Waals surface area (Å²) in [6.07, 6.45) is 0. The van der Waals surface area contributed by atoms with E-state index in [2.05, 4.69) is 86.6 Å². The van der Waals surface area contributed by atoms with E-state index in [0.717, 1.165) is 0 Å².